The smallest absolute Gasteiger partial charge is 0.345 e. The molecule has 8 saturated heterocycles. The molecular weight excluding hydrogens is 1830 g/mol. The lowest BCUT2D eigenvalue weighted by Gasteiger charge is -2.38. The number of aromatic nitrogens is 14. The molecule has 145 heavy (non-hydrogen) atoms. The summed E-state index contributed by atoms with van der Waals surface area (Å²) in [5, 5.41) is 14.9. The Morgan fingerprint density at radius 1 is 0.324 bits per heavy atom. The zero-order valence-corrected chi connectivity index (χ0v) is 82.0. The van der Waals surface area contributed by atoms with Crippen molar-refractivity contribution >= 4 is 112 Å². The zero-order chi connectivity index (χ0) is 98.7. The molecule has 0 amide bonds. The molecule has 28 rings (SSSR count). The van der Waals surface area contributed by atoms with Crippen LogP contribution in [0.4, 0.5) is 28.4 Å². The summed E-state index contributed by atoms with van der Waals surface area (Å²) in [7, 11) is 0. The van der Waals surface area contributed by atoms with Gasteiger partial charge in [-0.2, -0.15) is 0 Å². The van der Waals surface area contributed by atoms with E-state index in [1.165, 1.54) is 45.2 Å². The number of hydrogen-bond acceptors (Lipinski definition) is 29. The summed E-state index contributed by atoms with van der Waals surface area (Å²) in [6.07, 6.45) is 32.1. The summed E-state index contributed by atoms with van der Waals surface area (Å²) in [5.41, 5.74) is 20.0. The maximum atomic E-state index is 12.8. The highest BCUT2D eigenvalue weighted by atomic mass is 16.4. The zero-order valence-electron chi connectivity index (χ0n) is 82.0. The van der Waals surface area contributed by atoms with Crippen molar-refractivity contribution in [2.75, 3.05) is 129 Å². The van der Waals surface area contributed by atoms with Crippen molar-refractivity contribution in [3.63, 3.8) is 0 Å². The minimum absolute atomic E-state index is 0.320. The Morgan fingerprint density at radius 3 is 1.14 bits per heavy atom. The van der Waals surface area contributed by atoms with Gasteiger partial charge in [-0.3, -0.25) is 33.0 Å². The van der Waals surface area contributed by atoms with Crippen LogP contribution in [-0.2, 0) is 0 Å². The van der Waals surface area contributed by atoms with Crippen LogP contribution in [0, 0.1) is 41.5 Å². The minimum atomic E-state index is -0.370. The lowest BCUT2D eigenvalue weighted by atomic mass is 10.1. The number of anilines is 5. The van der Waals surface area contributed by atoms with Gasteiger partial charge in [0.1, 0.15) is 27.9 Å². The first-order chi connectivity index (χ1) is 70.4. The molecule has 15 aromatic heterocycles. The molecule has 23 heterocycles. The van der Waals surface area contributed by atoms with Gasteiger partial charge in [-0.05, 0) is 198 Å². The number of fused-ring (bicyclic) bond motifs is 14. The van der Waals surface area contributed by atoms with Crippen LogP contribution in [0.2, 0.25) is 0 Å². The van der Waals surface area contributed by atoms with Crippen LogP contribution in [0.3, 0.4) is 0 Å². The fourth-order valence-corrected chi connectivity index (χ4v) is 22.2. The van der Waals surface area contributed by atoms with Gasteiger partial charge in [-0.1, -0.05) is 0 Å². The number of rotatable bonds is 10. The molecule has 5 aromatic carbocycles. The van der Waals surface area contributed by atoms with Crippen molar-refractivity contribution in [2.24, 2.45) is 0 Å². The lowest BCUT2D eigenvalue weighted by Crippen LogP contribution is -2.50. The summed E-state index contributed by atoms with van der Waals surface area (Å²) in [6.45, 7) is 32.4. The maximum absolute atomic E-state index is 12.8. The Labute approximate surface area is 830 Å². The van der Waals surface area contributed by atoms with Crippen LogP contribution in [0.25, 0.3) is 139 Å². The second kappa shape index (κ2) is 37.8. The fraction of sp³-hybridized carbons (Fsp3) is 0.315. The van der Waals surface area contributed by atoms with Gasteiger partial charge in [-0.15, -0.1) is 0 Å². The molecule has 0 unspecified atom stereocenters. The maximum Gasteiger partial charge on any atom is 0.345 e. The number of benzene rings is 5. The average Bonchev–Trinajstić information content (AvgIpc) is 1.64. The molecule has 34 nitrogen and oxygen atoms in total. The van der Waals surface area contributed by atoms with Gasteiger partial charge in [0.15, 0.2) is 5.65 Å². The molecule has 0 saturated carbocycles. The van der Waals surface area contributed by atoms with Crippen LogP contribution in [0.15, 0.2) is 260 Å². The van der Waals surface area contributed by atoms with Gasteiger partial charge in [0.05, 0.1) is 79.4 Å². The van der Waals surface area contributed by atoms with Gasteiger partial charge >= 0.3 is 28.1 Å². The molecule has 0 aliphatic carbocycles. The van der Waals surface area contributed by atoms with Crippen molar-refractivity contribution < 1.29 is 22.1 Å². The second-order valence-electron chi connectivity index (χ2n) is 39.9. The van der Waals surface area contributed by atoms with Crippen molar-refractivity contribution in [3.8, 4) is 55.8 Å². The van der Waals surface area contributed by atoms with E-state index in [9.17, 15) is 24.0 Å². The quantitative estimate of drug-likeness (QED) is 0.107. The number of nitrogens with one attached hydrogen (secondary N) is 3. The Balaban J connectivity index is 0.0000000974. The van der Waals surface area contributed by atoms with Crippen LogP contribution >= 0.6 is 0 Å². The SMILES string of the molecule is Cc1cn2cc(-c3cc4ccc(N5CCN6CCC[C@H]6C5)cc4oc3=O)cnc2n1.Cc1cn2cc(-c3cc4ccc(N5CCN6CCC[C@H]6C5)cc4oc3=O)cnc2n1.Cc1cn2cc(-c3cc4ccc(N5CCN[C@@H](C)C5)cc4oc3=O)cc2cn1.Cc1cn2cc(-c3cc4ccc(N5CCN[C@H](C)C5)cc4oc3=O)cnc2n1.Cc1cn2cc(-c3cc4ccc(N5C[C@@H]6C[C@H]5CN6)cc4oc3=O)nc2c(C)n1. The number of piperazine rings is 5. The molecule has 2 bridgehead atoms. The molecule has 734 valence electrons. The third-order valence-corrected chi connectivity index (χ3v) is 29.5. The highest BCUT2D eigenvalue weighted by molar-refractivity contribution is 5.90. The molecule has 0 radical (unpaired) electrons. The van der Waals surface area contributed by atoms with E-state index in [4.69, 9.17) is 22.1 Å². The molecule has 6 atom stereocenters. The van der Waals surface area contributed by atoms with Crippen molar-refractivity contribution in [3.05, 3.63) is 300 Å². The summed E-state index contributed by atoms with van der Waals surface area (Å²) < 4.78 is 37.9. The molecule has 0 spiro atoms. The predicted molar refractivity (Wildman–Crippen MR) is 563 cm³/mol. The van der Waals surface area contributed by atoms with E-state index in [-0.39, 0.29) is 28.1 Å². The first kappa shape index (κ1) is 91.6. The third kappa shape index (κ3) is 18.5. The molecule has 20 aromatic rings. The van der Waals surface area contributed by atoms with Gasteiger partial charge < -0.3 is 71.3 Å². The number of aryl methyl sites for hydroxylation is 6. The standard InChI is InChI=1S/2C23H23N5O2.C22H21N5O2.C22H22N4O2.C21H21N5O2/c2*1-15-12-28-13-17(11-24-23(28)25-15)20-9-16-4-5-18(10-21(16)30-22(20)29)27-8-7-26-6-2-3-19(26)14-27;1-12-9-26-11-19(25-21(26)13(2)24-12)18-5-14-3-4-16(7-20(14)29-22(18)28)27-10-15-6-17(27)8-23-15;1-14-11-25(6-5-23-14)18-4-3-16-8-20(22(27)28-21(16)9-18)17-7-19-10-24-15(2)12-26(19)13-17;1-13-10-25(6-5-22-13)17-4-3-15-7-18(20(27)28-19(15)8-17)16-9-23-21-24-14(2)11-26(21)12-16/h2*4-5,9-13,19H,2-3,6-8,14H2,1H3;3-5,7,9,11,15,17,23H,6,8,10H2,1-2H3;3-4,7-10,12-14,23H,5-6,11H2,1-2H3;3-4,7-9,11-13,22H,5-6,10H2,1-2H3/t2*19-;15-,17-;14-;13-/m00001/s1. The lowest BCUT2D eigenvalue weighted by molar-refractivity contribution is 0.231. The van der Waals surface area contributed by atoms with Crippen LogP contribution in [0.5, 0.6) is 0 Å². The Bertz CT molecular complexity index is 8490. The van der Waals surface area contributed by atoms with Gasteiger partial charge in [0.2, 0.25) is 17.3 Å². The van der Waals surface area contributed by atoms with E-state index < -0.39 is 0 Å². The normalized spacial score (nSPS) is 19.1. The Hall–Kier alpha value is -15.9. The largest absolute Gasteiger partial charge is 0.422 e. The number of imidazole rings is 4. The molecule has 3 N–H and O–H groups in total. The van der Waals surface area contributed by atoms with Crippen LogP contribution in [0.1, 0.15) is 80.1 Å². The number of nitrogens with zero attached hydrogens (tertiary/aromatic N) is 21. The van der Waals surface area contributed by atoms with Crippen molar-refractivity contribution in [2.45, 2.75) is 124 Å². The number of hydrogen-bond donors (Lipinski definition) is 3. The highest BCUT2D eigenvalue weighted by Crippen LogP contribution is 2.38. The fourth-order valence-electron chi connectivity index (χ4n) is 22.2. The third-order valence-electron chi connectivity index (χ3n) is 29.5. The second-order valence-corrected chi connectivity index (χ2v) is 39.9. The minimum Gasteiger partial charge on any atom is -0.422 e. The van der Waals surface area contributed by atoms with E-state index in [0.29, 0.717) is 121 Å². The highest BCUT2D eigenvalue weighted by Gasteiger charge is 2.39. The van der Waals surface area contributed by atoms with Crippen molar-refractivity contribution in [1.29, 1.82) is 0 Å². The van der Waals surface area contributed by atoms with Crippen LogP contribution in [-0.4, -0.2) is 218 Å². The summed E-state index contributed by atoms with van der Waals surface area (Å²) >= 11 is 0. The van der Waals surface area contributed by atoms with E-state index in [2.05, 4.69) is 139 Å². The van der Waals surface area contributed by atoms with E-state index in [1.807, 2.05) is 229 Å². The summed E-state index contributed by atoms with van der Waals surface area (Å²) in [4.78, 5) is 120. The van der Waals surface area contributed by atoms with Gasteiger partial charge in [-0.25, -0.2) is 58.9 Å². The van der Waals surface area contributed by atoms with Gasteiger partial charge in [0.25, 0.3) is 0 Å². The molecule has 8 aliphatic rings. The predicted octanol–water partition coefficient (Wildman–Crippen LogP) is 14.7. The molecule has 34 heteroatoms. The summed E-state index contributed by atoms with van der Waals surface area (Å²) in [5.74, 6) is 1.85. The van der Waals surface area contributed by atoms with E-state index in [0.717, 1.165) is 209 Å². The van der Waals surface area contributed by atoms with E-state index >= 15 is 0 Å². The molecule has 8 aliphatic heterocycles. The monoisotopic (exact) mass is 1940 g/mol. The summed E-state index contributed by atoms with van der Waals surface area (Å²) in [6, 6.07) is 45.4. The van der Waals surface area contributed by atoms with Crippen molar-refractivity contribution in [1.82, 2.24) is 92.6 Å². The first-order valence-electron chi connectivity index (χ1n) is 50.0. The topological polar surface area (TPSA) is 348 Å². The molecule has 8 fully saturated rings. The Morgan fingerprint density at radius 2 is 0.710 bits per heavy atom. The van der Waals surface area contributed by atoms with Crippen LogP contribution < -0.4 is 68.6 Å². The van der Waals surface area contributed by atoms with E-state index in [1.54, 1.807) is 18.6 Å². The average molecular weight is 1940 g/mol. The van der Waals surface area contributed by atoms with Gasteiger partial charge in [0, 0.05) is 316 Å². The Kier molecular flexibility index (Phi) is 23.9. The molecular formula is C111H110N24O10. The first-order valence-corrected chi connectivity index (χ1v) is 50.0.